The highest BCUT2D eigenvalue weighted by Crippen LogP contribution is 2.42. The highest BCUT2D eigenvalue weighted by molar-refractivity contribution is 7.23. The lowest BCUT2D eigenvalue weighted by Gasteiger charge is -2.24. The van der Waals surface area contributed by atoms with Crippen molar-refractivity contribution in [2.45, 2.75) is 6.17 Å². The highest BCUT2D eigenvalue weighted by Gasteiger charge is 2.24. The topological polar surface area (TPSA) is 41.7 Å². The number of para-hydroxylation sites is 1. The van der Waals surface area contributed by atoms with Gasteiger partial charge in [-0.3, -0.25) is 4.57 Å². The number of rotatable bonds is 4. The minimum absolute atomic E-state index is 0.288. The van der Waals surface area contributed by atoms with Crippen molar-refractivity contribution in [2.75, 3.05) is 0 Å². The van der Waals surface area contributed by atoms with Gasteiger partial charge >= 0.3 is 0 Å². The summed E-state index contributed by atoms with van der Waals surface area (Å²) in [6, 6.07) is 55.5. The van der Waals surface area contributed by atoms with Gasteiger partial charge in [-0.1, -0.05) is 140 Å². The SMILES string of the molecule is c1ccc(-c2ccc(C3=NC(n4c5ccccc5c5c6sc(-c7ccccc7)cc6ccc54)=NC(c4ccccc4)N3)cc2)cc1. The number of nitrogens with zero attached hydrogens (tertiary/aromatic N) is 3. The quantitative estimate of drug-likeness (QED) is 0.212. The van der Waals surface area contributed by atoms with Gasteiger partial charge in [0.1, 0.15) is 12.0 Å². The van der Waals surface area contributed by atoms with E-state index in [-0.39, 0.29) is 6.17 Å². The van der Waals surface area contributed by atoms with Gasteiger partial charge in [0.25, 0.3) is 0 Å². The third-order valence-electron chi connectivity index (χ3n) is 8.69. The number of amidine groups is 1. The number of nitrogens with one attached hydrogen (secondary N) is 1. The van der Waals surface area contributed by atoms with E-state index in [1.165, 1.54) is 42.4 Å². The van der Waals surface area contributed by atoms with E-state index in [9.17, 15) is 0 Å². The Balaban J connectivity index is 1.23. The van der Waals surface area contributed by atoms with Crippen LogP contribution in [0, 0.1) is 0 Å². The van der Waals surface area contributed by atoms with Gasteiger partial charge in [-0.2, -0.15) is 4.99 Å². The van der Waals surface area contributed by atoms with Crippen molar-refractivity contribution in [1.29, 1.82) is 0 Å². The average Bonchev–Trinajstić information content (AvgIpc) is 3.72. The molecule has 1 unspecified atom stereocenters. The molecule has 3 heterocycles. The zero-order valence-electron chi connectivity index (χ0n) is 24.8. The van der Waals surface area contributed by atoms with Crippen molar-refractivity contribution < 1.29 is 0 Å². The van der Waals surface area contributed by atoms with Crippen molar-refractivity contribution in [3.8, 4) is 21.6 Å². The number of fused-ring (bicyclic) bond motifs is 5. The predicted octanol–water partition coefficient (Wildman–Crippen LogP) is 10.3. The van der Waals surface area contributed by atoms with Gasteiger partial charge in [-0.25, -0.2) is 4.99 Å². The molecular weight excluding hydrogens is 581 g/mol. The van der Waals surface area contributed by atoms with E-state index >= 15 is 0 Å². The zero-order chi connectivity index (χ0) is 30.5. The molecule has 1 N–H and O–H groups in total. The lowest BCUT2D eigenvalue weighted by Crippen LogP contribution is -2.35. The second kappa shape index (κ2) is 11.0. The third-order valence-corrected chi connectivity index (χ3v) is 9.91. The number of aliphatic imine (C=N–C) groups is 2. The van der Waals surface area contributed by atoms with Gasteiger partial charge in [0.05, 0.1) is 11.0 Å². The molecule has 2 aromatic heterocycles. The summed E-state index contributed by atoms with van der Waals surface area (Å²) >= 11 is 1.85. The van der Waals surface area contributed by atoms with Gasteiger partial charge in [-0.05, 0) is 45.8 Å². The number of benzene rings is 6. The Hall–Kier alpha value is -5.78. The number of hydrogen-bond donors (Lipinski definition) is 1. The fourth-order valence-electron chi connectivity index (χ4n) is 6.45. The molecule has 0 saturated carbocycles. The molecule has 0 radical (unpaired) electrons. The van der Waals surface area contributed by atoms with Gasteiger partial charge in [-0.15, -0.1) is 11.3 Å². The normalized spacial score (nSPS) is 14.7. The fourth-order valence-corrected chi connectivity index (χ4v) is 7.67. The molecule has 0 fully saturated rings. The standard InChI is InChI=1S/C41H28N4S/c1-4-12-27(13-5-1)28-20-22-31(23-21-28)40-42-39(30-16-8-3-9-17-30)43-41(44-40)45-34-19-11-10-18-33(34)37-35(45)25-24-32-26-36(46-38(32)37)29-14-6-2-7-15-29/h1-26,39H,(H,42,43,44). The molecule has 0 bridgehead atoms. The number of hydrogen-bond acceptors (Lipinski definition) is 4. The first kappa shape index (κ1) is 26.6. The van der Waals surface area contributed by atoms with Crippen molar-refractivity contribution in [1.82, 2.24) is 9.88 Å². The van der Waals surface area contributed by atoms with Crippen molar-refractivity contribution >= 4 is 55.0 Å². The van der Waals surface area contributed by atoms with E-state index in [2.05, 4.69) is 155 Å². The Morgan fingerprint density at radius 1 is 0.565 bits per heavy atom. The molecule has 0 amide bonds. The molecule has 5 heteroatoms. The van der Waals surface area contributed by atoms with Crippen LogP contribution >= 0.6 is 11.3 Å². The first-order valence-electron chi connectivity index (χ1n) is 15.5. The molecule has 8 aromatic rings. The molecule has 46 heavy (non-hydrogen) atoms. The van der Waals surface area contributed by atoms with Crippen LogP contribution < -0.4 is 5.32 Å². The Labute approximate surface area is 270 Å². The Bertz CT molecular complexity index is 2420. The average molecular weight is 609 g/mol. The van der Waals surface area contributed by atoms with Crippen LogP contribution in [0.15, 0.2) is 168 Å². The summed E-state index contributed by atoms with van der Waals surface area (Å²) in [5.74, 6) is 1.47. The molecule has 0 aliphatic carbocycles. The molecule has 9 rings (SSSR count). The molecule has 4 nitrogen and oxygen atoms in total. The first-order valence-corrected chi connectivity index (χ1v) is 16.3. The smallest absolute Gasteiger partial charge is 0.234 e. The van der Waals surface area contributed by atoms with Crippen LogP contribution in [0.4, 0.5) is 0 Å². The summed E-state index contributed by atoms with van der Waals surface area (Å²) in [4.78, 5) is 11.7. The van der Waals surface area contributed by atoms with E-state index < -0.39 is 0 Å². The minimum atomic E-state index is -0.288. The van der Waals surface area contributed by atoms with Crippen molar-refractivity contribution in [3.63, 3.8) is 0 Å². The highest BCUT2D eigenvalue weighted by atomic mass is 32.1. The van der Waals surface area contributed by atoms with E-state index in [0.29, 0.717) is 5.96 Å². The molecule has 0 spiro atoms. The van der Waals surface area contributed by atoms with Gasteiger partial charge < -0.3 is 5.32 Å². The van der Waals surface area contributed by atoms with Crippen LogP contribution in [0.3, 0.4) is 0 Å². The lowest BCUT2D eigenvalue weighted by atomic mass is 10.0. The zero-order valence-corrected chi connectivity index (χ0v) is 25.7. The van der Waals surface area contributed by atoms with Crippen molar-refractivity contribution in [3.05, 3.63) is 169 Å². The molecule has 218 valence electrons. The summed E-state index contributed by atoms with van der Waals surface area (Å²) in [5, 5.41) is 7.32. The summed E-state index contributed by atoms with van der Waals surface area (Å²) in [6.07, 6.45) is -0.288. The largest absolute Gasteiger partial charge is 0.344 e. The number of thiophene rings is 1. The Kier molecular flexibility index (Phi) is 6.35. The first-order chi connectivity index (χ1) is 22.8. The fraction of sp³-hybridized carbons (Fsp3) is 0.0244. The van der Waals surface area contributed by atoms with E-state index in [1.807, 2.05) is 23.5 Å². The van der Waals surface area contributed by atoms with Crippen LogP contribution in [0.25, 0.3) is 53.5 Å². The second-order valence-electron chi connectivity index (χ2n) is 11.5. The molecular formula is C41H28N4S. The van der Waals surface area contributed by atoms with Crippen LogP contribution in [0.5, 0.6) is 0 Å². The van der Waals surface area contributed by atoms with Gasteiger partial charge in [0, 0.05) is 25.9 Å². The van der Waals surface area contributed by atoms with E-state index in [1.54, 1.807) is 0 Å². The molecule has 1 aliphatic heterocycles. The summed E-state index contributed by atoms with van der Waals surface area (Å²) < 4.78 is 3.52. The van der Waals surface area contributed by atoms with E-state index in [4.69, 9.17) is 9.98 Å². The van der Waals surface area contributed by atoms with Gasteiger partial charge in [0.15, 0.2) is 0 Å². The van der Waals surface area contributed by atoms with Gasteiger partial charge in [0.2, 0.25) is 5.96 Å². The third kappa shape index (κ3) is 4.52. The predicted molar refractivity (Wildman–Crippen MR) is 194 cm³/mol. The maximum absolute atomic E-state index is 5.25. The van der Waals surface area contributed by atoms with Crippen LogP contribution in [-0.4, -0.2) is 16.4 Å². The number of aromatic nitrogens is 1. The Morgan fingerprint density at radius 2 is 1.20 bits per heavy atom. The maximum Gasteiger partial charge on any atom is 0.234 e. The van der Waals surface area contributed by atoms with Crippen LogP contribution in [0.2, 0.25) is 0 Å². The monoisotopic (exact) mass is 608 g/mol. The minimum Gasteiger partial charge on any atom is -0.344 e. The summed E-state index contributed by atoms with van der Waals surface area (Å²) in [5.41, 5.74) is 7.90. The second-order valence-corrected chi connectivity index (χ2v) is 12.5. The summed E-state index contributed by atoms with van der Waals surface area (Å²) in [6.45, 7) is 0. The molecule has 6 aromatic carbocycles. The van der Waals surface area contributed by atoms with Crippen molar-refractivity contribution in [2.24, 2.45) is 9.98 Å². The lowest BCUT2D eigenvalue weighted by molar-refractivity contribution is 0.668. The van der Waals surface area contributed by atoms with Crippen LogP contribution in [-0.2, 0) is 0 Å². The maximum atomic E-state index is 5.25. The molecule has 1 aliphatic rings. The Morgan fingerprint density at radius 3 is 1.96 bits per heavy atom. The summed E-state index contributed by atoms with van der Waals surface area (Å²) in [7, 11) is 0. The van der Waals surface area contributed by atoms with E-state index in [0.717, 1.165) is 28.0 Å². The molecule has 0 saturated heterocycles. The molecule has 1 atom stereocenters. The van der Waals surface area contributed by atoms with Crippen LogP contribution in [0.1, 0.15) is 17.3 Å².